The SMILES string of the molecule is CC1=[N+](C2CC(O)C2)N=CC1N. The summed E-state index contributed by atoms with van der Waals surface area (Å²) < 4.78 is 1.94. The molecule has 1 saturated carbocycles. The molecular formula is C8H14N3O+. The molecule has 1 aliphatic heterocycles. The normalized spacial score (nSPS) is 40.4. The minimum absolute atomic E-state index is 0.0252. The van der Waals surface area contributed by atoms with Gasteiger partial charge in [0.25, 0.3) is 0 Å². The molecule has 2 rings (SSSR count). The molecule has 12 heavy (non-hydrogen) atoms. The second kappa shape index (κ2) is 2.64. The van der Waals surface area contributed by atoms with Gasteiger partial charge in [-0.3, -0.25) is 0 Å². The second-order valence-corrected chi connectivity index (χ2v) is 3.56. The van der Waals surface area contributed by atoms with Crippen molar-refractivity contribution in [3.63, 3.8) is 0 Å². The Kier molecular flexibility index (Phi) is 1.73. The molecule has 0 aromatic rings. The highest BCUT2D eigenvalue weighted by Crippen LogP contribution is 2.24. The van der Waals surface area contributed by atoms with Crippen LogP contribution in [-0.2, 0) is 0 Å². The van der Waals surface area contributed by atoms with E-state index in [2.05, 4.69) is 5.10 Å². The molecule has 4 nitrogen and oxygen atoms in total. The van der Waals surface area contributed by atoms with Gasteiger partial charge in [0.1, 0.15) is 6.04 Å². The third kappa shape index (κ3) is 1.07. The lowest BCUT2D eigenvalue weighted by atomic mass is 9.89. The third-order valence-corrected chi connectivity index (χ3v) is 2.63. The molecule has 4 heteroatoms. The first-order chi connectivity index (χ1) is 5.68. The maximum atomic E-state index is 9.11. The fraction of sp³-hybridized carbons (Fsp3) is 0.750. The highest BCUT2D eigenvalue weighted by Gasteiger charge is 2.40. The van der Waals surface area contributed by atoms with E-state index in [1.807, 2.05) is 11.6 Å². The summed E-state index contributed by atoms with van der Waals surface area (Å²) in [5.74, 6) is 0. The van der Waals surface area contributed by atoms with E-state index in [0.717, 1.165) is 18.6 Å². The lowest BCUT2D eigenvalue weighted by Gasteiger charge is -2.25. The average Bonchev–Trinajstić information content (AvgIpc) is 2.28. The number of nitrogens with zero attached hydrogens (tertiary/aromatic N) is 2. The standard InChI is InChI=1S/C8H14N3O/c1-5-8(9)4-10-11(5)6-2-7(12)3-6/h4,6-8,12H,2-3,9H2,1H3/q+1. The highest BCUT2D eigenvalue weighted by molar-refractivity contribution is 5.99. The summed E-state index contributed by atoms with van der Waals surface area (Å²) in [6, 6.07) is 0.354. The summed E-state index contributed by atoms with van der Waals surface area (Å²) in [4.78, 5) is 0. The molecule has 0 radical (unpaired) electrons. The lowest BCUT2D eigenvalue weighted by Crippen LogP contribution is -2.42. The van der Waals surface area contributed by atoms with Crippen LogP contribution in [0.25, 0.3) is 0 Å². The van der Waals surface area contributed by atoms with Crippen LogP contribution in [0.1, 0.15) is 19.8 Å². The van der Waals surface area contributed by atoms with Crippen molar-refractivity contribution in [2.45, 2.75) is 38.0 Å². The molecule has 0 bridgehead atoms. The molecule has 0 spiro atoms. The van der Waals surface area contributed by atoms with E-state index in [9.17, 15) is 0 Å². The Balaban J connectivity index is 2.10. The predicted octanol–water partition coefficient (Wildman–Crippen LogP) is -0.690. The van der Waals surface area contributed by atoms with E-state index >= 15 is 0 Å². The minimum Gasteiger partial charge on any atom is -0.393 e. The van der Waals surface area contributed by atoms with Crippen molar-refractivity contribution < 1.29 is 9.79 Å². The van der Waals surface area contributed by atoms with E-state index in [1.54, 1.807) is 6.21 Å². The number of hydrazone groups is 1. The van der Waals surface area contributed by atoms with Crippen LogP contribution in [0.5, 0.6) is 0 Å². The third-order valence-electron chi connectivity index (χ3n) is 2.63. The molecular weight excluding hydrogens is 154 g/mol. The molecule has 1 aliphatic carbocycles. The summed E-state index contributed by atoms with van der Waals surface area (Å²) in [5, 5.41) is 13.3. The average molecular weight is 168 g/mol. The van der Waals surface area contributed by atoms with Crippen molar-refractivity contribution in [2.24, 2.45) is 10.8 Å². The van der Waals surface area contributed by atoms with Crippen molar-refractivity contribution in [1.29, 1.82) is 0 Å². The van der Waals surface area contributed by atoms with Crippen LogP contribution in [0.4, 0.5) is 0 Å². The van der Waals surface area contributed by atoms with Crippen molar-refractivity contribution >= 4 is 11.9 Å². The van der Waals surface area contributed by atoms with E-state index in [4.69, 9.17) is 10.8 Å². The van der Waals surface area contributed by atoms with E-state index in [0.29, 0.717) is 6.04 Å². The van der Waals surface area contributed by atoms with Crippen molar-refractivity contribution in [3.8, 4) is 0 Å². The largest absolute Gasteiger partial charge is 0.393 e. The van der Waals surface area contributed by atoms with E-state index < -0.39 is 0 Å². The summed E-state index contributed by atoms with van der Waals surface area (Å²) >= 11 is 0. The van der Waals surface area contributed by atoms with E-state index in [-0.39, 0.29) is 12.1 Å². The van der Waals surface area contributed by atoms with Gasteiger partial charge >= 0.3 is 0 Å². The van der Waals surface area contributed by atoms with E-state index in [1.165, 1.54) is 0 Å². The summed E-state index contributed by atoms with van der Waals surface area (Å²) in [6.45, 7) is 1.99. The number of nitrogens with two attached hydrogens (primary N) is 1. The molecule has 1 fully saturated rings. The summed E-state index contributed by atoms with van der Waals surface area (Å²) in [6.07, 6.45) is 3.26. The maximum Gasteiger partial charge on any atom is 0.204 e. The fourth-order valence-corrected chi connectivity index (χ4v) is 1.64. The molecule has 1 unspecified atom stereocenters. The van der Waals surface area contributed by atoms with Gasteiger partial charge in [0.15, 0.2) is 6.04 Å². The van der Waals surface area contributed by atoms with Gasteiger partial charge in [0.2, 0.25) is 5.71 Å². The molecule has 1 heterocycles. The van der Waals surface area contributed by atoms with Gasteiger partial charge in [0, 0.05) is 19.8 Å². The Morgan fingerprint density at radius 2 is 2.33 bits per heavy atom. The molecule has 0 amide bonds. The first-order valence-electron chi connectivity index (χ1n) is 4.29. The van der Waals surface area contributed by atoms with Crippen LogP contribution >= 0.6 is 0 Å². The molecule has 2 aliphatic rings. The zero-order chi connectivity index (χ0) is 8.72. The van der Waals surface area contributed by atoms with Crippen LogP contribution in [-0.4, -0.2) is 39.9 Å². The Hall–Kier alpha value is -0.740. The predicted molar refractivity (Wildman–Crippen MR) is 46.4 cm³/mol. The van der Waals surface area contributed by atoms with Crippen molar-refractivity contribution in [3.05, 3.63) is 0 Å². The first-order valence-corrected chi connectivity index (χ1v) is 4.29. The molecule has 0 saturated heterocycles. The first kappa shape index (κ1) is 7.89. The summed E-state index contributed by atoms with van der Waals surface area (Å²) in [7, 11) is 0. The number of rotatable bonds is 1. The zero-order valence-corrected chi connectivity index (χ0v) is 7.14. The Labute approximate surface area is 71.4 Å². The quantitative estimate of drug-likeness (QED) is 0.509. The summed E-state index contributed by atoms with van der Waals surface area (Å²) in [5.41, 5.74) is 6.82. The molecule has 0 aromatic heterocycles. The minimum atomic E-state index is -0.130. The highest BCUT2D eigenvalue weighted by atomic mass is 16.3. The Bertz CT molecular complexity index is 253. The van der Waals surface area contributed by atoms with Gasteiger partial charge < -0.3 is 10.8 Å². The van der Waals surface area contributed by atoms with Gasteiger partial charge in [-0.05, 0) is 5.10 Å². The van der Waals surface area contributed by atoms with Crippen LogP contribution in [0.3, 0.4) is 0 Å². The van der Waals surface area contributed by atoms with Crippen LogP contribution < -0.4 is 5.73 Å². The van der Waals surface area contributed by atoms with Gasteiger partial charge in [-0.1, -0.05) is 4.68 Å². The number of aliphatic hydroxyl groups is 1. The van der Waals surface area contributed by atoms with Gasteiger partial charge in [0.05, 0.1) is 12.3 Å². The molecule has 66 valence electrons. The fourth-order valence-electron chi connectivity index (χ4n) is 1.64. The van der Waals surface area contributed by atoms with Crippen molar-refractivity contribution in [2.75, 3.05) is 0 Å². The van der Waals surface area contributed by atoms with Crippen LogP contribution in [0.2, 0.25) is 0 Å². The van der Waals surface area contributed by atoms with Gasteiger partial charge in [-0.15, -0.1) is 0 Å². The molecule has 0 aromatic carbocycles. The second-order valence-electron chi connectivity index (χ2n) is 3.56. The monoisotopic (exact) mass is 168 g/mol. The van der Waals surface area contributed by atoms with Gasteiger partial charge in [-0.2, -0.15) is 0 Å². The van der Waals surface area contributed by atoms with Gasteiger partial charge in [-0.25, -0.2) is 0 Å². The smallest absolute Gasteiger partial charge is 0.204 e. The molecule has 1 atom stereocenters. The molecule has 3 N–H and O–H groups in total. The lowest BCUT2D eigenvalue weighted by molar-refractivity contribution is -0.586. The number of aliphatic hydroxyl groups excluding tert-OH is 1. The number of hydrogen-bond acceptors (Lipinski definition) is 3. The zero-order valence-electron chi connectivity index (χ0n) is 7.14. The van der Waals surface area contributed by atoms with Crippen LogP contribution in [0.15, 0.2) is 5.10 Å². The Morgan fingerprint density at radius 1 is 1.67 bits per heavy atom. The maximum absolute atomic E-state index is 9.11. The van der Waals surface area contributed by atoms with Crippen LogP contribution in [0, 0.1) is 0 Å². The topological polar surface area (TPSA) is 61.6 Å². The van der Waals surface area contributed by atoms with Crippen molar-refractivity contribution in [1.82, 2.24) is 0 Å². The number of hydrogen-bond donors (Lipinski definition) is 2. The Morgan fingerprint density at radius 3 is 2.75 bits per heavy atom.